The average Bonchev–Trinajstić information content (AvgIpc) is 2.86. The molecule has 0 spiro atoms. The molecule has 114 valence electrons. The highest BCUT2D eigenvalue weighted by Crippen LogP contribution is 2.29. The second-order valence-electron chi connectivity index (χ2n) is 6.48. The van der Waals surface area contributed by atoms with Crippen LogP contribution in [-0.2, 0) is 12.0 Å². The van der Waals surface area contributed by atoms with Crippen molar-refractivity contribution in [3.05, 3.63) is 53.9 Å². The van der Waals surface area contributed by atoms with E-state index in [1.54, 1.807) is 0 Å². The molecule has 0 unspecified atom stereocenters. The van der Waals surface area contributed by atoms with Gasteiger partial charge in [-0.05, 0) is 11.5 Å². The summed E-state index contributed by atoms with van der Waals surface area (Å²) in [5.41, 5.74) is 8.49. The summed E-state index contributed by atoms with van der Waals surface area (Å²) in [4.78, 5) is 0. The van der Waals surface area contributed by atoms with Crippen LogP contribution in [0.25, 0.3) is 10.8 Å². The minimum absolute atomic E-state index is 0.0850. The number of aromatic nitrogens is 2. The van der Waals surface area contributed by atoms with Crippen molar-refractivity contribution in [2.75, 3.05) is 5.73 Å². The van der Waals surface area contributed by atoms with E-state index in [1.165, 1.54) is 0 Å². The van der Waals surface area contributed by atoms with Crippen LogP contribution in [-0.4, -0.2) is 10.2 Å². The van der Waals surface area contributed by atoms with E-state index in [4.69, 9.17) is 10.5 Å². The van der Waals surface area contributed by atoms with E-state index in [0.29, 0.717) is 12.3 Å². The van der Waals surface area contributed by atoms with E-state index in [9.17, 15) is 0 Å². The summed E-state index contributed by atoms with van der Waals surface area (Å²) in [5, 5.41) is 9.59. The minimum Gasteiger partial charge on any atom is -0.487 e. The molecule has 0 atom stereocenters. The lowest BCUT2D eigenvalue weighted by Gasteiger charge is -2.16. The van der Waals surface area contributed by atoms with E-state index in [0.717, 1.165) is 27.9 Å². The molecule has 0 amide bonds. The first-order chi connectivity index (χ1) is 10.5. The minimum atomic E-state index is -0.0850. The highest BCUT2D eigenvalue weighted by molar-refractivity contribution is 5.88. The molecule has 0 fully saturated rings. The Balaban J connectivity index is 1.85. The molecule has 3 aromatic rings. The standard InChI is InChI=1S/C18H21N3O/c1-18(2,3)17-16(19)14(20-21-17)11-22-15-10-6-8-12-7-4-5-9-13(12)15/h4-10H,11,19H2,1-3H3,(H,20,21). The number of benzene rings is 2. The van der Waals surface area contributed by atoms with Crippen LogP contribution in [0.4, 0.5) is 5.69 Å². The number of nitrogens with two attached hydrogens (primary N) is 1. The van der Waals surface area contributed by atoms with Crippen molar-refractivity contribution in [2.45, 2.75) is 32.8 Å². The Hall–Kier alpha value is -2.49. The predicted molar refractivity (Wildman–Crippen MR) is 90.0 cm³/mol. The first kappa shape index (κ1) is 14.4. The van der Waals surface area contributed by atoms with Crippen LogP contribution in [0, 0.1) is 0 Å². The molecular weight excluding hydrogens is 274 g/mol. The molecule has 4 heteroatoms. The van der Waals surface area contributed by atoms with Gasteiger partial charge in [-0.25, -0.2) is 0 Å². The summed E-state index contributed by atoms with van der Waals surface area (Å²) < 4.78 is 5.96. The summed E-state index contributed by atoms with van der Waals surface area (Å²) >= 11 is 0. The summed E-state index contributed by atoms with van der Waals surface area (Å²) in [6.07, 6.45) is 0. The predicted octanol–water partition coefficient (Wildman–Crippen LogP) is 4.02. The van der Waals surface area contributed by atoms with Gasteiger partial charge in [0, 0.05) is 10.8 Å². The van der Waals surface area contributed by atoms with Crippen LogP contribution in [0.5, 0.6) is 5.75 Å². The molecule has 0 aliphatic carbocycles. The number of H-pyrrole nitrogens is 1. The van der Waals surface area contributed by atoms with E-state index in [-0.39, 0.29) is 5.41 Å². The fourth-order valence-electron chi connectivity index (χ4n) is 2.54. The van der Waals surface area contributed by atoms with Gasteiger partial charge in [0.25, 0.3) is 0 Å². The third kappa shape index (κ3) is 2.64. The van der Waals surface area contributed by atoms with Crippen molar-refractivity contribution in [1.82, 2.24) is 10.2 Å². The van der Waals surface area contributed by atoms with Crippen molar-refractivity contribution in [3.8, 4) is 5.75 Å². The maximum Gasteiger partial charge on any atom is 0.132 e. The molecule has 22 heavy (non-hydrogen) atoms. The maximum atomic E-state index is 6.19. The quantitative estimate of drug-likeness (QED) is 0.767. The average molecular weight is 295 g/mol. The Bertz CT molecular complexity index is 794. The number of nitrogens with zero attached hydrogens (tertiary/aromatic N) is 1. The number of anilines is 1. The first-order valence-corrected chi connectivity index (χ1v) is 7.40. The van der Waals surface area contributed by atoms with Gasteiger partial charge >= 0.3 is 0 Å². The third-order valence-electron chi connectivity index (χ3n) is 3.71. The lowest BCUT2D eigenvalue weighted by atomic mass is 9.91. The fraction of sp³-hybridized carbons (Fsp3) is 0.278. The molecule has 0 aliphatic heterocycles. The molecule has 1 aromatic heterocycles. The van der Waals surface area contributed by atoms with Crippen LogP contribution < -0.4 is 10.5 Å². The molecule has 0 bridgehead atoms. The normalized spacial score (nSPS) is 11.8. The lowest BCUT2D eigenvalue weighted by Crippen LogP contribution is -2.14. The van der Waals surface area contributed by atoms with Gasteiger partial charge in [0.05, 0.1) is 17.1 Å². The second-order valence-corrected chi connectivity index (χ2v) is 6.48. The molecule has 3 rings (SSSR count). The highest BCUT2D eigenvalue weighted by Gasteiger charge is 2.22. The smallest absolute Gasteiger partial charge is 0.132 e. The number of aromatic amines is 1. The number of nitrogen functional groups attached to an aromatic ring is 1. The van der Waals surface area contributed by atoms with Crippen LogP contribution >= 0.6 is 0 Å². The SMILES string of the molecule is CC(C)(C)c1n[nH]c(COc2cccc3ccccc23)c1N. The zero-order valence-corrected chi connectivity index (χ0v) is 13.2. The number of hydrogen-bond donors (Lipinski definition) is 2. The van der Waals surface area contributed by atoms with Crippen molar-refractivity contribution in [1.29, 1.82) is 0 Å². The third-order valence-corrected chi connectivity index (χ3v) is 3.71. The molecule has 0 radical (unpaired) electrons. The van der Waals surface area contributed by atoms with Gasteiger partial charge in [-0.2, -0.15) is 5.10 Å². The Kier molecular flexibility index (Phi) is 3.53. The maximum absolute atomic E-state index is 6.19. The van der Waals surface area contributed by atoms with Gasteiger partial charge in [0.1, 0.15) is 12.4 Å². The van der Waals surface area contributed by atoms with Crippen molar-refractivity contribution < 1.29 is 4.74 Å². The monoisotopic (exact) mass is 295 g/mol. The molecule has 0 aliphatic rings. The van der Waals surface area contributed by atoms with Gasteiger partial charge < -0.3 is 10.5 Å². The molecular formula is C18H21N3O. The van der Waals surface area contributed by atoms with Gasteiger partial charge in [-0.15, -0.1) is 0 Å². The number of rotatable bonds is 3. The van der Waals surface area contributed by atoms with Gasteiger partial charge in [0.2, 0.25) is 0 Å². The van der Waals surface area contributed by atoms with Crippen molar-refractivity contribution >= 4 is 16.5 Å². The zero-order valence-electron chi connectivity index (χ0n) is 13.2. The summed E-state index contributed by atoms with van der Waals surface area (Å²) in [5.74, 6) is 0.851. The van der Waals surface area contributed by atoms with Gasteiger partial charge in [0.15, 0.2) is 0 Å². The molecule has 0 saturated carbocycles. The van der Waals surface area contributed by atoms with Gasteiger partial charge in [-0.3, -0.25) is 5.10 Å². The van der Waals surface area contributed by atoms with Crippen LogP contribution in [0.2, 0.25) is 0 Å². The van der Waals surface area contributed by atoms with Crippen LogP contribution in [0.1, 0.15) is 32.2 Å². The largest absolute Gasteiger partial charge is 0.487 e. The Morgan fingerprint density at radius 3 is 2.55 bits per heavy atom. The fourth-order valence-corrected chi connectivity index (χ4v) is 2.54. The molecule has 0 saturated heterocycles. The highest BCUT2D eigenvalue weighted by atomic mass is 16.5. The van der Waals surface area contributed by atoms with E-state index in [2.05, 4.69) is 49.2 Å². The number of nitrogens with one attached hydrogen (secondary N) is 1. The van der Waals surface area contributed by atoms with E-state index in [1.807, 2.05) is 24.3 Å². The summed E-state index contributed by atoms with van der Waals surface area (Å²) in [6.45, 7) is 6.65. The number of fused-ring (bicyclic) bond motifs is 1. The zero-order chi connectivity index (χ0) is 15.7. The Morgan fingerprint density at radius 2 is 1.82 bits per heavy atom. The van der Waals surface area contributed by atoms with E-state index >= 15 is 0 Å². The van der Waals surface area contributed by atoms with Crippen molar-refractivity contribution in [3.63, 3.8) is 0 Å². The summed E-state index contributed by atoms with van der Waals surface area (Å²) in [7, 11) is 0. The number of ether oxygens (including phenoxy) is 1. The molecule has 3 N–H and O–H groups in total. The topological polar surface area (TPSA) is 63.9 Å². The van der Waals surface area contributed by atoms with E-state index < -0.39 is 0 Å². The van der Waals surface area contributed by atoms with Crippen molar-refractivity contribution in [2.24, 2.45) is 0 Å². The molecule has 1 heterocycles. The first-order valence-electron chi connectivity index (χ1n) is 7.40. The molecule has 2 aromatic carbocycles. The number of hydrogen-bond acceptors (Lipinski definition) is 3. The van der Waals surface area contributed by atoms with Crippen LogP contribution in [0.3, 0.4) is 0 Å². The molecule has 4 nitrogen and oxygen atoms in total. The Morgan fingerprint density at radius 1 is 1.09 bits per heavy atom. The van der Waals surface area contributed by atoms with Crippen LogP contribution in [0.15, 0.2) is 42.5 Å². The lowest BCUT2D eigenvalue weighted by molar-refractivity contribution is 0.305. The Labute approximate surface area is 130 Å². The van der Waals surface area contributed by atoms with Gasteiger partial charge in [-0.1, -0.05) is 57.2 Å². The second kappa shape index (κ2) is 5.37. The summed E-state index contributed by atoms with van der Waals surface area (Å²) in [6, 6.07) is 14.2.